The summed E-state index contributed by atoms with van der Waals surface area (Å²) >= 11 is 0. The third-order valence-electron chi connectivity index (χ3n) is 4.74. The number of carbonyl (C=O) groups is 2. The predicted molar refractivity (Wildman–Crippen MR) is 82.9 cm³/mol. The molecule has 0 unspecified atom stereocenters. The van der Waals surface area contributed by atoms with E-state index in [1.165, 1.54) is 17.5 Å². The number of urea groups is 1. The first-order chi connectivity index (χ1) is 10.5. The Morgan fingerprint density at radius 1 is 1.14 bits per heavy atom. The van der Waals surface area contributed by atoms with Gasteiger partial charge in [0.25, 0.3) is 5.91 Å². The highest BCUT2D eigenvalue weighted by Crippen LogP contribution is 2.29. The van der Waals surface area contributed by atoms with Crippen molar-refractivity contribution in [3.05, 3.63) is 35.4 Å². The van der Waals surface area contributed by atoms with E-state index in [0.29, 0.717) is 19.4 Å². The van der Waals surface area contributed by atoms with Crippen LogP contribution in [0.3, 0.4) is 0 Å². The number of likely N-dealkylation sites (tertiary alicyclic amines) is 1. The normalized spacial score (nSPS) is 21.5. The molecule has 3 N–H and O–H groups in total. The SMILES string of the molecule is CN1C(=O)NC2(CCN(Cc3ccc(CN)cc3)CC2)C1=O. The Morgan fingerprint density at radius 2 is 1.73 bits per heavy atom. The van der Waals surface area contributed by atoms with Gasteiger partial charge in [-0.25, -0.2) is 4.79 Å². The van der Waals surface area contributed by atoms with Crippen LogP contribution < -0.4 is 11.1 Å². The van der Waals surface area contributed by atoms with E-state index in [9.17, 15) is 9.59 Å². The topological polar surface area (TPSA) is 78.7 Å². The van der Waals surface area contributed by atoms with Crippen molar-refractivity contribution in [1.29, 1.82) is 0 Å². The van der Waals surface area contributed by atoms with Crippen LogP contribution in [0.15, 0.2) is 24.3 Å². The van der Waals surface area contributed by atoms with Crippen molar-refractivity contribution in [3.63, 3.8) is 0 Å². The summed E-state index contributed by atoms with van der Waals surface area (Å²) in [6.45, 7) is 3.03. The van der Waals surface area contributed by atoms with Gasteiger partial charge in [-0.2, -0.15) is 0 Å². The number of hydrogen-bond donors (Lipinski definition) is 2. The molecule has 2 heterocycles. The molecule has 0 radical (unpaired) electrons. The molecule has 1 aromatic rings. The molecule has 0 aromatic heterocycles. The molecule has 2 aliphatic heterocycles. The summed E-state index contributed by atoms with van der Waals surface area (Å²) in [7, 11) is 1.54. The van der Waals surface area contributed by atoms with Crippen LogP contribution in [0.4, 0.5) is 4.79 Å². The van der Waals surface area contributed by atoms with Crippen molar-refractivity contribution < 1.29 is 9.59 Å². The minimum Gasteiger partial charge on any atom is -0.326 e. The lowest BCUT2D eigenvalue weighted by molar-refractivity contribution is -0.132. The van der Waals surface area contributed by atoms with Gasteiger partial charge < -0.3 is 11.1 Å². The highest BCUT2D eigenvalue weighted by Gasteiger charge is 2.50. The first-order valence-corrected chi connectivity index (χ1v) is 7.65. The Hall–Kier alpha value is -1.92. The Morgan fingerprint density at radius 3 is 2.23 bits per heavy atom. The molecule has 1 aromatic carbocycles. The van der Waals surface area contributed by atoms with Gasteiger partial charge in [-0.1, -0.05) is 24.3 Å². The number of carbonyl (C=O) groups excluding carboxylic acids is 2. The van der Waals surface area contributed by atoms with Crippen molar-refractivity contribution >= 4 is 11.9 Å². The van der Waals surface area contributed by atoms with E-state index in [2.05, 4.69) is 34.5 Å². The molecule has 2 fully saturated rings. The minimum absolute atomic E-state index is 0.0931. The number of piperidine rings is 1. The first-order valence-electron chi connectivity index (χ1n) is 7.65. The third-order valence-corrected chi connectivity index (χ3v) is 4.74. The molecular weight excluding hydrogens is 280 g/mol. The van der Waals surface area contributed by atoms with Crippen molar-refractivity contribution in [3.8, 4) is 0 Å². The number of nitrogens with two attached hydrogens (primary N) is 1. The lowest BCUT2D eigenvalue weighted by Gasteiger charge is -2.37. The van der Waals surface area contributed by atoms with Crippen molar-refractivity contribution in [2.45, 2.75) is 31.5 Å². The molecule has 118 valence electrons. The molecule has 2 saturated heterocycles. The summed E-state index contributed by atoms with van der Waals surface area (Å²) in [6, 6.07) is 8.02. The Bertz CT molecular complexity index is 576. The molecule has 6 nitrogen and oxygen atoms in total. The van der Waals surface area contributed by atoms with E-state index >= 15 is 0 Å². The van der Waals surface area contributed by atoms with Gasteiger partial charge in [-0.3, -0.25) is 14.6 Å². The van der Waals surface area contributed by atoms with E-state index in [-0.39, 0.29) is 11.9 Å². The molecule has 1 spiro atoms. The standard InChI is InChI=1S/C16H22N4O2/c1-19-14(21)16(18-15(19)22)6-8-20(9-7-16)11-13-4-2-12(10-17)3-5-13/h2-5H,6-11,17H2,1H3,(H,18,22). The summed E-state index contributed by atoms with van der Waals surface area (Å²) in [5.74, 6) is -0.0931. The van der Waals surface area contributed by atoms with Gasteiger partial charge in [0.1, 0.15) is 5.54 Å². The second kappa shape index (κ2) is 5.70. The molecule has 22 heavy (non-hydrogen) atoms. The largest absolute Gasteiger partial charge is 0.326 e. The van der Waals surface area contributed by atoms with Gasteiger partial charge in [0.15, 0.2) is 0 Å². The number of rotatable bonds is 3. The average molecular weight is 302 g/mol. The molecule has 3 amide bonds. The van der Waals surface area contributed by atoms with Crippen LogP contribution in [0.1, 0.15) is 24.0 Å². The number of amides is 3. The zero-order valence-electron chi connectivity index (χ0n) is 12.8. The number of hydrogen-bond acceptors (Lipinski definition) is 4. The first kappa shape index (κ1) is 15.0. The van der Waals surface area contributed by atoms with Crippen molar-refractivity contribution in [2.75, 3.05) is 20.1 Å². The Labute approximate surface area is 130 Å². The van der Waals surface area contributed by atoms with Crippen LogP contribution in [0.2, 0.25) is 0 Å². The van der Waals surface area contributed by atoms with Crippen LogP contribution in [0, 0.1) is 0 Å². The third kappa shape index (κ3) is 2.60. The molecule has 0 aliphatic carbocycles. The van der Waals surface area contributed by atoms with Crippen LogP contribution in [0.25, 0.3) is 0 Å². The van der Waals surface area contributed by atoms with E-state index in [1.54, 1.807) is 0 Å². The smallest absolute Gasteiger partial charge is 0.324 e. The molecule has 6 heteroatoms. The summed E-state index contributed by atoms with van der Waals surface area (Å²) in [6.07, 6.45) is 1.34. The van der Waals surface area contributed by atoms with E-state index in [0.717, 1.165) is 25.2 Å². The predicted octanol–water partition coefficient (Wildman–Crippen LogP) is 0.661. The average Bonchev–Trinajstić information content (AvgIpc) is 2.75. The van der Waals surface area contributed by atoms with Crippen LogP contribution >= 0.6 is 0 Å². The summed E-state index contributed by atoms with van der Waals surface area (Å²) < 4.78 is 0. The fourth-order valence-corrected chi connectivity index (χ4v) is 3.23. The van der Waals surface area contributed by atoms with Crippen LogP contribution in [0.5, 0.6) is 0 Å². The van der Waals surface area contributed by atoms with Gasteiger partial charge in [0, 0.05) is 33.2 Å². The van der Waals surface area contributed by atoms with Gasteiger partial charge >= 0.3 is 6.03 Å². The fraction of sp³-hybridized carbons (Fsp3) is 0.500. The second-order valence-corrected chi connectivity index (χ2v) is 6.17. The second-order valence-electron chi connectivity index (χ2n) is 6.17. The summed E-state index contributed by atoms with van der Waals surface area (Å²) in [4.78, 5) is 27.4. The molecular formula is C16H22N4O2. The summed E-state index contributed by atoms with van der Waals surface area (Å²) in [5.41, 5.74) is 7.30. The quantitative estimate of drug-likeness (QED) is 0.804. The zero-order chi connectivity index (χ0) is 15.7. The zero-order valence-corrected chi connectivity index (χ0v) is 12.8. The van der Waals surface area contributed by atoms with Crippen molar-refractivity contribution in [1.82, 2.24) is 15.1 Å². The molecule has 0 atom stereocenters. The van der Waals surface area contributed by atoms with Gasteiger partial charge in [-0.05, 0) is 24.0 Å². The Kier molecular flexibility index (Phi) is 3.88. The van der Waals surface area contributed by atoms with Gasteiger partial charge in [0.05, 0.1) is 0 Å². The maximum Gasteiger partial charge on any atom is 0.324 e. The van der Waals surface area contributed by atoms with Gasteiger partial charge in [0.2, 0.25) is 0 Å². The summed E-state index contributed by atoms with van der Waals surface area (Å²) in [5, 5.41) is 2.87. The van der Waals surface area contributed by atoms with Gasteiger partial charge in [-0.15, -0.1) is 0 Å². The van der Waals surface area contributed by atoms with E-state index in [1.807, 2.05) is 0 Å². The van der Waals surface area contributed by atoms with E-state index in [4.69, 9.17) is 5.73 Å². The number of likely N-dealkylation sites (N-methyl/N-ethyl adjacent to an activating group) is 1. The molecule has 3 rings (SSSR count). The molecule has 0 saturated carbocycles. The highest BCUT2D eigenvalue weighted by atomic mass is 16.2. The monoisotopic (exact) mass is 302 g/mol. The minimum atomic E-state index is -0.675. The molecule has 2 aliphatic rings. The molecule has 0 bridgehead atoms. The fourth-order valence-electron chi connectivity index (χ4n) is 3.23. The number of nitrogens with zero attached hydrogens (tertiary/aromatic N) is 2. The number of imide groups is 1. The lowest BCUT2D eigenvalue weighted by Crippen LogP contribution is -2.54. The van der Waals surface area contributed by atoms with Crippen LogP contribution in [-0.4, -0.2) is 47.4 Å². The number of nitrogens with one attached hydrogen (secondary N) is 1. The lowest BCUT2D eigenvalue weighted by atomic mass is 9.87. The Balaban J connectivity index is 1.60. The van der Waals surface area contributed by atoms with Crippen molar-refractivity contribution in [2.24, 2.45) is 5.73 Å². The maximum absolute atomic E-state index is 12.2. The highest BCUT2D eigenvalue weighted by molar-refractivity contribution is 6.06. The van der Waals surface area contributed by atoms with Crippen LogP contribution in [-0.2, 0) is 17.9 Å². The van der Waals surface area contributed by atoms with E-state index < -0.39 is 5.54 Å². The maximum atomic E-state index is 12.2. The number of benzene rings is 1.